The molecule has 0 aliphatic carbocycles. The Morgan fingerprint density at radius 1 is 1.32 bits per heavy atom. The van der Waals surface area contributed by atoms with Crippen LogP contribution in [0, 0.1) is 6.92 Å². The lowest BCUT2D eigenvalue weighted by Crippen LogP contribution is -2.44. The lowest BCUT2D eigenvalue weighted by atomic mass is 10.0. The second-order valence-corrected chi connectivity index (χ2v) is 6.03. The van der Waals surface area contributed by atoms with E-state index in [1.807, 2.05) is 13.0 Å². The van der Waals surface area contributed by atoms with E-state index >= 15 is 0 Å². The number of nitrogens with one attached hydrogen (secondary N) is 1. The van der Waals surface area contributed by atoms with Crippen LogP contribution in [0.4, 0.5) is 4.79 Å². The Labute approximate surface area is 130 Å². The Morgan fingerprint density at radius 2 is 1.95 bits per heavy atom. The van der Waals surface area contributed by atoms with E-state index in [1.54, 1.807) is 40.0 Å². The molecule has 0 aliphatic rings. The number of benzene rings is 1. The Morgan fingerprint density at radius 3 is 2.45 bits per heavy atom. The summed E-state index contributed by atoms with van der Waals surface area (Å²) in [5, 5.41) is 11.7. The van der Waals surface area contributed by atoms with Gasteiger partial charge in [0.1, 0.15) is 17.4 Å². The topological polar surface area (TPSA) is 84.9 Å². The number of carbonyl (C=O) groups excluding carboxylic acids is 1. The summed E-state index contributed by atoms with van der Waals surface area (Å²) < 4.78 is 10.2. The van der Waals surface area contributed by atoms with Crippen LogP contribution in [0.3, 0.4) is 0 Å². The predicted molar refractivity (Wildman–Crippen MR) is 82.2 cm³/mol. The van der Waals surface area contributed by atoms with Crippen LogP contribution < -0.4 is 10.1 Å². The van der Waals surface area contributed by atoms with Crippen LogP contribution in [0.15, 0.2) is 18.2 Å². The van der Waals surface area contributed by atoms with E-state index in [-0.39, 0.29) is 6.42 Å². The van der Waals surface area contributed by atoms with Crippen LogP contribution in [0.5, 0.6) is 5.75 Å². The number of aryl methyl sites for hydroxylation is 1. The highest BCUT2D eigenvalue weighted by molar-refractivity contribution is 5.80. The Kier molecular flexibility index (Phi) is 5.79. The zero-order chi connectivity index (χ0) is 16.9. The van der Waals surface area contributed by atoms with E-state index in [1.165, 1.54) is 0 Å². The molecular formula is C16H23NO5. The molecule has 1 atom stereocenters. The average Bonchev–Trinajstić information content (AvgIpc) is 2.38. The summed E-state index contributed by atoms with van der Waals surface area (Å²) in [5.41, 5.74) is 1.04. The fourth-order valence-corrected chi connectivity index (χ4v) is 1.86. The van der Waals surface area contributed by atoms with Crippen molar-refractivity contribution in [2.24, 2.45) is 0 Å². The summed E-state index contributed by atoms with van der Waals surface area (Å²) in [4.78, 5) is 23.1. The van der Waals surface area contributed by atoms with Crippen molar-refractivity contribution in [1.29, 1.82) is 0 Å². The van der Waals surface area contributed by atoms with E-state index in [9.17, 15) is 14.7 Å². The number of amides is 1. The molecule has 6 heteroatoms. The minimum absolute atomic E-state index is 0.150. The van der Waals surface area contributed by atoms with Crippen molar-refractivity contribution in [2.45, 2.75) is 45.8 Å². The van der Waals surface area contributed by atoms with Gasteiger partial charge in [-0.05, 0) is 51.0 Å². The lowest BCUT2D eigenvalue weighted by Gasteiger charge is -2.22. The van der Waals surface area contributed by atoms with Crippen molar-refractivity contribution >= 4 is 12.1 Å². The lowest BCUT2D eigenvalue weighted by molar-refractivity contribution is -0.139. The summed E-state index contributed by atoms with van der Waals surface area (Å²) in [7, 11) is 1.54. The van der Waals surface area contributed by atoms with Gasteiger partial charge in [0.05, 0.1) is 7.11 Å². The molecule has 6 nitrogen and oxygen atoms in total. The second kappa shape index (κ2) is 7.15. The number of carbonyl (C=O) groups is 2. The monoisotopic (exact) mass is 309 g/mol. The minimum Gasteiger partial charge on any atom is -0.497 e. The highest BCUT2D eigenvalue weighted by atomic mass is 16.6. The molecule has 0 heterocycles. The van der Waals surface area contributed by atoms with Gasteiger partial charge in [-0.3, -0.25) is 0 Å². The van der Waals surface area contributed by atoms with Gasteiger partial charge in [-0.2, -0.15) is 0 Å². The number of carboxylic acids is 1. The number of methoxy groups -OCH3 is 1. The number of carboxylic acid groups (broad SMARTS) is 1. The van der Waals surface area contributed by atoms with Crippen LogP contribution >= 0.6 is 0 Å². The second-order valence-electron chi connectivity index (χ2n) is 6.03. The molecule has 0 fully saturated rings. The van der Waals surface area contributed by atoms with Gasteiger partial charge in [0.15, 0.2) is 0 Å². The first-order valence-electron chi connectivity index (χ1n) is 6.98. The molecule has 0 aromatic heterocycles. The Hall–Kier alpha value is -2.24. The fourth-order valence-electron chi connectivity index (χ4n) is 1.86. The first-order valence-corrected chi connectivity index (χ1v) is 6.98. The molecule has 0 bridgehead atoms. The van der Waals surface area contributed by atoms with Crippen molar-refractivity contribution in [3.05, 3.63) is 29.3 Å². The van der Waals surface area contributed by atoms with E-state index in [4.69, 9.17) is 9.47 Å². The van der Waals surface area contributed by atoms with Gasteiger partial charge in [-0.25, -0.2) is 9.59 Å². The predicted octanol–water partition coefficient (Wildman–Crippen LogP) is 2.52. The summed E-state index contributed by atoms with van der Waals surface area (Å²) in [5.74, 6) is -0.477. The standard InChI is InChI=1S/C16H23NO5/c1-10-6-7-12(21-5)8-11(10)9-13(14(18)19)17-15(20)22-16(2,3)4/h6-8,13H,9H2,1-5H3,(H,17,20)(H,18,19)/t13-/m0/s1. The average molecular weight is 309 g/mol. The van der Waals surface area contributed by atoms with Crippen LogP contribution in [-0.2, 0) is 16.0 Å². The minimum atomic E-state index is -1.12. The third-order valence-electron chi connectivity index (χ3n) is 2.97. The van der Waals surface area contributed by atoms with E-state index < -0.39 is 23.7 Å². The maximum Gasteiger partial charge on any atom is 0.408 e. The van der Waals surface area contributed by atoms with Gasteiger partial charge in [-0.15, -0.1) is 0 Å². The molecule has 22 heavy (non-hydrogen) atoms. The molecule has 122 valence electrons. The molecule has 1 aromatic carbocycles. The van der Waals surface area contributed by atoms with Gasteiger partial charge < -0.3 is 19.9 Å². The summed E-state index contributed by atoms with van der Waals surface area (Å²) in [6.07, 6.45) is -0.599. The van der Waals surface area contributed by atoms with Gasteiger partial charge in [-0.1, -0.05) is 6.07 Å². The third-order valence-corrected chi connectivity index (χ3v) is 2.97. The fraction of sp³-hybridized carbons (Fsp3) is 0.500. The quantitative estimate of drug-likeness (QED) is 0.873. The van der Waals surface area contributed by atoms with Crippen molar-refractivity contribution < 1.29 is 24.2 Å². The molecular weight excluding hydrogens is 286 g/mol. The molecule has 0 aliphatic heterocycles. The summed E-state index contributed by atoms with van der Waals surface area (Å²) >= 11 is 0. The molecule has 0 saturated carbocycles. The molecule has 0 spiro atoms. The molecule has 0 saturated heterocycles. The summed E-state index contributed by atoms with van der Waals surface area (Å²) in [6.45, 7) is 7.03. The number of aliphatic carboxylic acids is 1. The van der Waals surface area contributed by atoms with Crippen LogP contribution in [0.2, 0.25) is 0 Å². The maximum atomic E-state index is 11.8. The van der Waals surface area contributed by atoms with Crippen LogP contribution in [0.1, 0.15) is 31.9 Å². The van der Waals surface area contributed by atoms with E-state index in [0.29, 0.717) is 5.75 Å². The Bertz CT molecular complexity index is 548. The zero-order valence-corrected chi connectivity index (χ0v) is 13.6. The highest BCUT2D eigenvalue weighted by Gasteiger charge is 2.24. The van der Waals surface area contributed by atoms with E-state index in [0.717, 1.165) is 11.1 Å². The van der Waals surface area contributed by atoms with Crippen molar-refractivity contribution in [3.63, 3.8) is 0 Å². The van der Waals surface area contributed by atoms with Crippen molar-refractivity contribution in [1.82, 2.24) is 5.32 Å². The first kappa shape index (κ1) is 17.8. The molecule has 1 aromatic rings. The largest absolute Gasteiger partial charge is 0.497 e. The first-order chi connectivity index (χ1) is 10.1. The summed E-state index contributed by atoms with van der Waals surface area (Å²) in [6, 6.07) is 4.35. The smallest absolute Gasteiger partial charge is 0.408 e. The zero-order valence-electron chi connectivity index (χ0n) is 13.6. The van der Waals surface area contributed by atoms with Crippen molar-refractivity contribution in [3.8, 4) is 5.75 Å². The molecule has 1 amide bonds. The maximum absolute atomic E-state index is 11.8. The molecule has 1 rings (SSSR count). The van der Waals surface area contributed by atoms with Crippen LogP contribution in [0.25, 0.3) is 0 Å². The highest BCUT2D eigenvalue weighted by Crippen LogP contribution is 2.19. The van der Waals surface area contributed by atoms with Gasteiger partial charge in [0.2, 0.25) is 0 Å². The van der Waals surface area contributed by atoms with Crippen molar-refractivity contribution in [2.75, 3.05) is 7.11 Å². The number of hydrogen-bond acceptors (Lipinski definition) is 4. The van der Waals surface area contributed by atoms with Gasteiger partial charge in [0, 0.05) is 6.42 Å². The SMILES string of the molecule is COc1ccc(C)c(C[C@H](NC(=O)OC(C)(C)C)C(=O)O)c1. The number of ether oxygens (including phenoxy) is 2. The Balaban J connectivity index is 2.85. The molecule has 2 N–H and O–H groups in total. The molecule has 0 unspecified atom stereocenters. The van der Waals surface area contributed by atoms with E-state index in [2.05, 4.69) is 5.32 Å². The number of hydrogen-bond donors (Lipinski definition) is 2. The van der Waals surface area contributed by atoms with Crippen LogP contribution in [-0.4, -0.2) is 35.9 Å². The molecule has 0 radical (unpaired) electrons. The normalized spacial score (nSPS) is 12.4. The van der Waals surface area contributed by atoms with Gasteiger partial charge in [0.25, 0.3) is 0 Å². The number of alkyl carbamates (subject to hydrolysis) is 1. The van der Waals surface area contributed by atoms with Gasteiger partial charge >= 0.3 is 12.1 Å². The number of rotatable bonds is 5. The third kappa shape index (κ3) is 5.63.